The van der Waals surface area contributed by atoms with E-state index in [1.54, 1.807) is 0 Å². The molecule has 1 aliphatic heterocycles. The van der Waals surface area contributed by atoms with Crippen molar-refractivity contribution < 1.29 is 4.74 Å². The minimum absolute atomic E-state index is 0.717. The third-order valence-electron chi connectivity index (χ3n) is 3.22. The number of rotatable bonds is 9. The second-order valence-corrected chi connectivity index (χ2v) is 4.69. The van der Waals surface area contributed by atoms with Crippen LogP contribution in [-0.4, -0.2) is 25.8 Å². The second kappa shape index (κ2) is 9.86. The van der Waals surface area contributed by atoms with Gasteiger partial charge in [-0.25, -0.2) is 0 Å². The van der Waals surface area contributed by atoms with E-state index in [4.69, 9.17) is 4.74 Å². The Balaban J connectivity index is 1.78. The maximum absolute atomic E-state index is 5.65. The van der Waals surface area contributed by atoms with E-state index >= 15 is 0 Å². The van der Waals surface area contributed by atoms with Crippen LogP contribution >= 0.6 is 0 Å². The van der Waals surface area contributed by atoms with E-state index in [2.05, 4.69) is 11.9 Å². The molecule has 0 amide bonds. The summed E-state index contributed by atoms with van der Waals surface area (Å²) in [5.41, 5.74) is 0. The maximum atomic E-state index is 5.65. The average molecular weight is 225 g/mol. The van der Waals surface area contributed by atoms with Gasteiger partial charge >= 0.3 is 0 Å². The number of piperidine rings is 1. The Morgan fingerprint density at radius 1 is 1.19 bits per heavy atom. The van der Waals surface area contributed by atoms with Crippen molar-refractivity contribution in [2.24, 2.45) is 0 Å². The maximum Gasteiger partial charge on any atom is 0.0480 e. The molecule has 1 atom stereocenters. The first kappa shape index (κ1) is 13.7. The van der Waals surface area contributed by atoms with Gasteiger partial charge < -0.3 is 10.1 Å². The van der Waals surface area contributed by atoms with E-state index in [0.717, 1.165) is 25.7 Å². The highest BCUT2D eigenvalue weighted by atomic mass is 16.5. The van der Waals surface area contributed by atoms with Crippen LogP contribution < -0.4 is 5.32 Å². The molecule has 94 valence electrons. The lowest BCUT2D eigenvalue weighted by Crippen LogP contribution is -2.34. The van der Waals surface area contributed by atoms with Crippen molar-refractivity contribution in [2.75, 3.05) is 19.8 Å². The van der Waals surface area contributed by atoms with Gasteiger partial charge in [-0.05, 0) is 45.1 Å². The molecular formula is C14H27NO. The molecule has 2 nitrogen and oxygen atoms in total. The fourth-order valence-corrected chi connectivity index (χ4v) is 2.17. The van der Waals surface area contributed by atoms with Gasteiger partial charge in [-0.1, -0.05) is 18.9 Å². The number of hydrogen-bond donors (Lipinski definition) is 1. The predicted octanol–water partition coefficient (Wildman–Crippen LogP) is 3.28. The first-order valence-corrected chi connectivity index (χ1v) is 6.85. The summed E-state index contributed by atoms with van der Waals surface area (Å²) in [5, 5.41) is 3.55. The van der Waals surface area contributed by atoms with Gasteiger partial charge in [0.15, 0.2) is 0 Å². The van der Waals surface area contributed by atoms with Crippen LogP contribution in [0.5, 0.6) is 0 Å². The summed E-state index contributed by atoms with van der Waals surface area (Å²) in [6, 6.07) is 0.717. The van der Waals surface area contributed by atoms with E-state index in [9.17, 15) is 0 Å². The number of nitrogens with one attached hydrogen (secondary N) is 1. The SMILES string of the molecule is C=CCCCCCOCCC1CCCCN1. The molecule has 0 bridgehead atoms. The van der Waals surface area contributed by atoms with Crippen LogP contribution in [0, 0.1) is 0 Å². The minimum Gasteiger partial charge on any atom is -0.381 e. The van der Waals surface area contributed by atoms with Crippen LogP contribution in [-0.2, 0) is 4.74 Å². The lowest BCUT2D eigenvalue weighted by molar-refractivity contribution is 0.117. The Morgan fingerprint density at radius 3 is 2.88 bits per heavy atom. The molecule has 0 saturated carbocycles. The van der Waals surface area contributed by atoms with Crippen molar-refractivity contribution in [3.8, 4) is 0 Å². The molecule has 1 heterocycles. The normalized spacial score (nSPS) is 20.9. The summed E-state index contributed by atoms with van der Waals surface area (Å²) in [4.78, 5) is 0. The zero-order chi connectivity index (χ0) is 11.5. The summed E-state index contributed by atoms with van der Waals surface area (Å²) >= 11 is 0. The van der Waals surface area contributed by atoms with Gasteiger partial charge in [-0.15, -0.1) is 6.58 Å². The van der Waals surface area contributed by atoms with Crippen molar-refractivity contribution >= 4 is 0 Å². The lowest BCUT2D eigenvalue weighted by atomic mass is 10.0. The molecule has 0 spiro atoms. The number of allylic oxidation sites excluding steroid dienone is 1. The van der Waals surface area contributed by atoms with Gasteiger partial charge in [-0.3, -0.25) is 0 Å². The molecule has 1 saturated heterocycles. The number of ether oxygens (including phenoxy) is 1. The van der Waals surface area contributed by atoms with Crippen molar-refractivity contribution in [2.45, 2.75) is 57.4 Å². The van der Waals surface area contributed by atoms with Crippen molar-refractivity contribution in [1.82, 2.24) is 5.32 Å². The fraction of sp³-hybridized carbons (Fsp3) is 0.857. The molecule has 1 aliphatic rings. The molecule has 0 aromatic heterocycles. The van der Waals surface area contributed by atoms with Crippen molar-refractivity contribution in [1.29, 1.82) is 0 Å². The summed E-state index contributed by atoms with van der Waals surface area (Å²) in [6.07, 6.45) is 12.1. The van der Waals surface area contributed by atoms with Crippen LogP contribution in [0.1, 0.15) is 51.4 Å². The Bertz CT molecular complexity index is 164. The third kappa shape index (κ3) is 7.02. The van der Waals surface area contributed by atoms with Crippen LogP contribution in [0.3, 0.4) is 0 Å². The molecule has 0 aromatic carbocycles. The number of hydrogen-bond acceptors (Lipinski definition) is 2. The standard InChI is InChI=1S/C14H27NO/c1-2-3-4-5-8-12-16-13-10-14-9-6-7-11-15-14/h2,14-15H,1,3-13H2. The van der Waals surface area contributed by atoms with Crippen LogP contribution in [0.2, 0.25) is 0 Å². The molecule has 1 unspecified atom stereocenters. The number of unbranched alkanes of at least 4 members (excludes halogenated alkanes) is 3. The monoisotopic (exact) mass is 225 g/mol. The minimum atomic E-state index is 0.717. The third-order valence-corrected chi connectivity index (χ3v) is 3.22. The molecule has 0 radical (unpaired) electrons. The molecule has 0 aromatic rings. The summed E-state index contributed by atoms with van der Waals surface area (Å²) in [6.45, 7) is 6.79. The largest absolute Gasteiger partial charge is 0.381 e. The Hall–Kier alpha value is -0.340. The lowest BCUT2D eigenvalue weighted by Gasteiger charge is -2.23. The highest BCUT2D eigenvalue weighted by Crippen LogP contribution is 2.10. The zero-order valence-corrected chi connectivity index (χ0v) is 10.5. The van der Waals surface area contributed by atoms with Crippen LogP contribution in [0.15, 0.2) is 12.7 Å². The molecule has 1 fully saturated rings. The van der Waals surface area contributed by atoms with E-state index in [1.807, 2.05) is 6.08 Å². The quantitative estimate of drug-likeness (QED) is 0.480. The first-order valence-electron chi connectivity index (χ1n) is 6.85. The zero-order valence-electron chi connectivity index (χ0n) is 10.5. The van der Waals surface area contributed by atoms with Gasteiger partial charge in [0.25, 0.3) is 0 Å². The van der Waals surface area contributed by atoms with Gasteiger partial charge in [0, 0.05) is 19.3 Å². The van der Waals surface area contributed by atoms with E-state index < -0.39 is 0 Å². The van der Waals surface area contributed by atoms with Crippen molar-refractivity contribution in [3.63, 3.8) is 0 Å². The summed E-state index contributed by atoms with van der Waals surface area (Å²) in [7, 11) is 0. The molecule has 16 heavy (non-hydrogen) atoms. The molecule has 1 rings (SSSR count). The molecule has 2 heteroatoms. The second-order valence-electron chi connectivity index (χ2n) is 4.69. The Kier molecular flexibility index (Phi) is 8.45. The molecule has 1 N–H and O–H groups in total. The Morgan fingerprint density at radius 2 is 2.12 bits per heavy atom. The Labute approximate surface area is 100 Å². The summed E-state index contributed by atoms with van der Waals surface area (Å²) < 4.78 is 5.65. The highest BCUT2D eigenvalue weighted by Gasteiger charge is 2.11. The topological polar surface area (TPSA) is 21.3 Å². The van der Waals surface area contributed by atoms with E-state index in [1.165, 1.54) is 51.5 Å². The van der Waals surface area contributed by atoms with E-state index in [-0.39, 0.29) is 0 Å². The first-order chi connectivity index (χ1) is 7.93. The van der Waals surface area contributed by atoms with Crippen LogP contribution in [0.25, 0.3) is 0 Å². The average Bonchev–Trinajstić information content (AvgIpc) is 2.34. The fourth-order valence-electron chi connectivity index (χ4n) is 2.17. The van der Waals surface area contributed by atoms with Gasteiger partial charge in [0.05, 0.1) is 0 Å². The van der Waals surface area contributed by atoms with Crippen molar-refractivity contribution in [3.05, 3.63) is 12.7 Å². The van der Waals surface area contributed by atoms with E-state index in [0.29, 0.717) is 0 Å². The summed E-state index contributed by atoms with van der Waals surface area (Å²) in [5.74, 6) is 0. The smallest absolute Gasteiger partial charge is 0.0480 e. The van der Waals surface area contributed by atoms with Gasteiger partial charge in [-0.2, -0.15) is 0 Å². The highest BCUT2D eigenvalue weighted by molar-refractivity contribution is 4.71. The van der Waals surface area contributed by atoms with Gasteiger partial charge in [0.1, 0.15) is 0 Å². The van der Waals surface area contributed by atoms with Gasteiger partial charge in [0.2, 0.25) is 0 Å². The predicted molar refractivity (Wildman–Crippen MR) is 69.7 cm³/mol. The molecular weight excluding hydrogens is 198 g/mol. The van der Waals surface area contributed by atoms with Crippen LogP contribution in [0.4, 0.5) is 0 Å². The molecule has 0 aliphatic carbocycles.